The first-order valence-electron chi connectivity index (χ1n) is 10.5. The summed E-state index contributed by atoms with van der Waals surface area (Å²) in [4.78, 5) is 22.1. The van der Waals surface area contributed by atoms with Crippen LogP contribution in [0.2, 0.25) is 5.02 Å². The van der Waals surface area contributed by atoms with Gasteiger partial charge in [0.15, 0.2) is 0 Å². The van der Waals surface area contributed by atoms with E-state index in [1.165, 1.54) is 5.69 Å². The molecule has 3 aromatic rings. The highest BCUT2D eigenvalue weighted by Crippen LogP contribution is 2.21. The summed E-state index contributed by atoms with van der Waals surface area (Å²) >= 11 is 6.07. The van der Waals surface area contributed by atoms with Gasteiger partial charge >= 0.3 is 0 Å². The molecule has 1 saturated heterocycles. The van der Waals surface area contributed by atoms with Crippen molar-refractivity contribution < 1.29 is 4.79 Å². The zero-order valence-electron chi connectivity index (χ0n) is 17.3. The Morgan fingerprint density at radius 3 is 2.60 bits per heavy atom. The van der Waals surface area contributed by atoms with Gasteiger partial charge in [0, 0.05) is 48.8 Å². The van der Waals surface area contributed by atoms with Crippen molar-refractivity contribution in [2.45, 2.75) is 13.3 Å². The Balaban J connectivity index is 1.24. The van der Waals surface area contributed by atoms with Crippen molar-refractivity contribution in [1.82, 2.24) is 15.2 Å². The average molecular weight is 423 g/mol. The van der Waals surface area contributed by atoms with Crippen molar-refractivity contribution in [2.24, 2.45) is 0 Å². The van der Waals surface area contributed by atoms with Crippen LogP contribution in [0.4, 0.5) is 5.69 Å². The Labute approximate surface area is 182 Å². The quantitative estimate of drug-likeness (QED) is 0.606. The molecule has 4 rings (SSSR count). The number of piperazine rings is 1. The number of nitrogens with zero attached hydrogens (tertiary/aromatic N) is 3. The number of halogens is 1. The molecule has 0 atom stereocenters. The summed E-state index contributed by atoms with van der Waals surface area (Å²) < 4.78 is 0. The smallest absolute Gasteiger partial charge is 0.253 e. The van der Waals surface area contributed by atoms with E-state index < -0.39 is 0 Å². The predicted octanol–water partition coefficient (Wildman–Crippen LogP) is 4.14. The number of aromatic nitrogens is 1. The van der Waals surface area contributed by atoms with Crippen molar-refractivity contribution in [2.75, 3.05) is 44.2 Å². The van der Waals surface area contributed by atoms with Crippen LogP contribution < -0.4 is 10.2 Å². The Bertz CT molecular complexity index is 1020. The lowest BCUT2D eigenvalue weighted by Gasteiger charge is -2.36. The lowest BCUT2D eigenvalue weighted by Crippen LogP contribution is -2.47. The fourth-order valence-corrected chi connectivity index (χ4v) is 4.12. The van der Waals surface area contributed by atoms with Gasteiger partial charge in [0.2, 0.25) is 0 Å². The number of pyridine rings is 1. The number of hydrogen-bond donors (Lipinski definition) is 1. The van der Waals surface area contributed by atoms with E-state index in [1.807, 2.05) is 31.2 Å². The highest BCUT2D eigenvalue weighted by molar-refractivity contribution is 6.31. The first kappa shape index (κ1) is 20.6. The number of benzene rings is 2. The number of fused-ring (bicyclic) bond motifs is 1. The molecule has 156 valence electrons. The highest BCUT2D eigenvalue weighted by Gasteiger charge is 2.17. The summed E-state index contributed by atoms with van der Waals surface area (Å²) in [7, 11) is 0. The fraction of sp³-hybridized carbons (Fsp3) is 0.333. The van der Waals surface area contributed by atoms with Gasteiger partial charge in [-0.3, -0.25) is 14.7 Å². The summed E-state index contributed by atoms with van der Waals surface area (Å²) in [5, 5.41) is 4.57. The number of carbonyl (C=O) groups is 1. The maximum atomic E-state index is 12.6. The molecule has 0 aliphatic carbocycles. The standard InChI is InChI=1S/C24H27ClN4O/c1-18-22(17-19-16-20(25)8-9-23(19)27-18)24(30)26-10-5-11-28-12-14-29(15-13-28)21-6-3-2-4-7-21/h2-4,6-9,16-17H,5,10-15H2,1H3,(H,26,30). The molecule has 1 aromatic heterocycles. The van der Waals surface area contributed by atoms with Gasteiger partial charge in [-0.2, -0.15) is 0 Å². The first-order valence-corrected chi connectivity index (χ1v) is 10.9. The van der Waals surface area contributed by atoms with Crippen LogP contribution in [0.15, 0.2) is 54.6 Å². The molecule has 30 heavy (non-hydrogen) atoms. The Hall–Kier alpha value is -2.63. The largest absolute Gasteiger partial charge is 0.369 e. The van der Waals surface area contributed by atoms with Gasteiger partial charge in [-0.15, -0.1) is 0 Å². The Morgan fingerprint density at radius 2 is 1.83 bits per heavy atom. The predicted molar refractivity (Wildman–Crippen MR) is 124 cm³/mol. The van der Waals surface area contributed by atoms with E-state index in [2.05, 4.69) is 50.4 Å². The number of amides is 1. The summed E-state index contributed by atoms with van der Waals surface area (Å²) in [6.07, 6.45) is 0.933. The molecule has 1 fully saturated rings. The van der Waals surface area contributed by atoms with Gasteiger partial charge in [0.05, 0.1) is 16.8 Å². The fourth-order valence-electron chi connectivity index (χ4n) is 3.94. The number of carbonyl (C=O) groups excluding carboxylic acids is 1. The molecule has 6 heteroatoms. The molecule has 0 spiro atoms. The number of rotatable bonds is 6. The van der Waals surface area contributed by atoms with Gasteiger partial charge in [0.1, 0.15) is 0 Å². The van der Waals surface area contributed by atoms with Crippen LogP contribution >= 0.6 is 11.6 Å². The van der Waals surface area contributed by atoms with Crippen molar-refractivity contribution in [3.05, 3.63) is 70.9 Å². The third kappa shape index (κ3) is 4.91. The Kier molecular flexibility index (Phi) is 6.50. The molecular formula is C24H27ClN4O. The van der Waals surface area contributed by atoms with E-state index in [0.29, 0.717) is 17.1 Å². The second-order valence-corrected chi connectivity index (χ2v) is 8.17. The molecule has 1 aliphatic rings. The van der Waals surface area contributed by atoms with Gasteiger partial charge in [-0.25, -0.2) is 0 Å². The van der Waals surface area contributed by atoms with Crippen LogP contribution in [0.25, 0.3) is 10.9 Å². The molecule has 2 heterocycles. The van der Waals surface area contributed by atoms with E-state index in [0.717, 1.165) is 55.7 Å². The maximum Gasteiger partial charge on any atom is 0.253 e. The number of nitrogens with one attached hydrogen (secondary N) is 1. The maximum absolute atomic E-state index is 12.6. The van der Waals surface area contributed by atoms with Crippen molar-refractivity contribution in [1.29, 1.82) is 0 Å². The van der Waals surface area contributed by atoms with Crippen molar-refractivity contribution in [3.8, 4) is 0 Å². The molecule has 1 aliphatic heterocycles. The number of aryl methyl sites for hydroxylation is 1. The molecule has 0 unspecified atom stereocenters. The van der Waals surface area contributed by atoms with Gasteiger partial charge < -0.3 is 10.2 Å². The minimum atomic E-state index is -0.0734. The lowest BCUT2D eigenvalue weighted by atomic mass is 10.1. The van der Waals surface area contributed by atoms with Gasteiger partial charge in [-0.1, -0.05) is 29.8 Å². The molecule has 5 nitrogen and oxygen atoms in total. The summed E-state index contributed by atoms with van der Waals surface area (Å²) in [6, 6.07) is 18.0. The van der Waals surface area contributed by atoms with Gasteiger partial charge in [-0.05, 0) is 56.3 Å². The molecule has 2 aromatic carbocycles. The van der Waals surface area contributed by atoms with E-state index in [9.17, 15) is 4.79 Å². The van der Waals surface area contributed by atoms with Gasteiger partial charge in [0.25, 0.3) is 5.91 Å². The molecule has 0 bridgehead atoms. The third-order valence-corrected chi connectivity index (χ3v) is 5.88. The van der Waals surface area contributed by atoms with E-state index >= 15 is 0 Å². The van der Waals surface area contributed by atoms with Crippen LogP contribution in [0, 0.1) is 6.92 Å². The van der Waals surface area contributed by atoms with E-state index in [4.69, 9.17) is 11.6 Å². The zero-order chi connectivity index (χ0) is 20.9. The van der Waals surface area contributed by atoms with Crippen molar-refractivity contribution >= 4 is 34.1 Å². The summed E-state index contributed by atoms with van der Waals surface area (Å²) in [5.41, 5.74) is 3.49. The highest BCUT2D eigenvalue weighted by atomic mass is 35.5. The van der Waals surface area contributed by atoms with Crippen LogP contribution in [-0.4, -0.2) is 55.1 Å². The second kappa shape index (κ2) is 9.45. The summed E-state index contributed by atoms with van der Waals surface area (Å²) in [6.45, 7) is 7.71. The number of hydrogen-bond acceptors (Lipinski definition) is 4. The van der Waals surface area contributed by atoms with Crippen molar-refractivity contribution in [3.63, 3.8) is 0 Å². The molecular weight excluding hydrogens is 396 g/mol. The SMILES string of the molecule is Cc1nc2ccc(Cl)cc2cc1C(=O)NCCCN1CCN(c2ccccc2)CC1. The van der Waals surface area contributed by atoms with E-state index in [1.54, 1.807) is 0 Å². The average Bonchev–Trinajstić information content (AvgIpc) is 2.77. The number of para-hydroxylation sites is 1. The Morgan fingerprint density at radius 1 is 1.07 bits per heavy atom. The van der Waals surface area contributed by atoms with Crippen LogP contribution in [-0.2, 0) is 0 Å². The minimum Gasteiger partial charge on any atom is -0.369 e. The zero-order valence-corrected chi connectivity index (χ0v) is 18.0. The molecule has 0 saturated carbocycles. The van der Waals surface area contributed by atoms with Crippen LogP contribution in [0.5, 0.6) is 0 Å². The normalized spacial score (nSPS) is 14.8. The van der Waals surface area contributed by atoms with Crippen LogP contribution in [0.3, 0.4) is 0 Å². The monoisotopic (exact) mass is 422 g/mol. The third-order valence-electron chi connectivity index (χ3n) is 5.64. The second-order valence-electron chi connectivity index (χ2n) is 7.73. The molecule has 1 amide bonds. The summed E-state index contributed by atoms with van der Waals surface area (Å²) in [5.74, 6) is -0.0734. The molecule has 1 N–H and O–H groups in total. The first-order chi connectivity index (χ1) is 14.6. The van der Waals surface area contributed by atoms with Crippen LogP contribution in [0.1, 0.15) is 22.5 Å². The molecule has 0 radical (unpaired) electrons. The van der Waals surface area contributed by atoms with E-state index in [-0.39, 0.29) is 5.91 Å². The number of anilines is 1. The lowest BCUT2D eigenvalue weighted by molar-refractivity contribution is 0.0950. The minimum absolute atomic E-state index is 0.0734. The topological polar surface area (TPSA) is 48.5 Å².